The highest BCUT2D eigenvalue weighted by Gasteiger charge is 2.34. The van der Waals surface area contributed by atoms with Gasteiger partial charge in [-0.25, -0.2) is 4.98 Å². The number of hydrogen-bond donors (Lipinski definition) is 1. The maximum Gasteiger partial charge on any atom is 0.259 e. The molecule has 0 radical (unpaired) electrons. The number of allylic oxidation sites excluding steroid dienone is 1. The first-order valence-electron chi connectivity index (χ1n) is 10.9. The minimum atomic E-state index is -0.283. The minimum Gasteiger partial charge on any atom is -0.472 e. The van der Waals surface area contributed by atoms with Crippen LogP contribution in [0.4, 0.5) is 0 Å². The summed E-state index contributed by atoms with van der Waals surface area (Å²) in [5.41, 5.74) is 2.53. The van der Waals surface area contributed by atoms with Gasteiger partial charge >= 0.3 is 0 Å². The fraction of sp³-hybridized carbons (Fsp3) is 0.440. The number of aliphatic hydroxyl groups excluding tert-OH is 1. The third-order valence-corrected chi connectivity index (χ3v) is 5.69. The van der Waals surface area contributed by atoms with E-state index in [0.29, 0.717) is 24.5 Å². The number of aliphatic hydroxyl groups is 1. The van der Waals surface area contributed by atoms with E-state index >= 15 is 0 Å². The van der Waals surface area contributed by atoms with Crippen molar-refractivity contribution in [3.05, 3.63) is 65.4 Å². The van der Waals surface area contributed by atoms with E-state index in [1.807, 2.05) is 50.3 Å². The van der Waals surface area contributed by atoms with Crippen molar-refractivity contribution in [3.63, 3.8) is 0 Å². The number of benzene rings is 1. The molecule has 3 rings (SSSR count). The molecule has 0 saturated heterocycles. The van der Waals surface area contributed by atoms with Crippen molar-refractivity contribution in [1.29, 1.82) is 0 Å². The van der Waals surface area contributed by atoms with Crippen molar-refractivity contribution in [1.82, 2.24) is 14.8 Å². The molecule has 166 valence electrons. The van der Waals surface area contributed by atoms with Gasteiger partial charge in [0.2, 0.25) is 5.88 Å². The highest BCUT2D eigenvalue weighted by Crippen LogP contribution is 2.27. The van der Waals surface area contributed by atoms with Gasteiger partial charge in [0.15, 0.2) is 0 Å². The van der Waals surface area contributed by atoms with Gasteiger partial charge in [-0.1, -0.05) is 49.4 Å². The van der Waals surface area contributed by atoms with Crippen LogP contribution in [0.15, 0.2) is 48.7 Å². The highest BCUT2D eigenvalue weighted by molar-refractivity contribution is 5.97. The topological polar surface area (TPSA) is 65.9 Å². The average Bonchev–Trinajstić information content (AvgIpc) is 2.77. The smallest absolute Gasteiger partial charge is 0.259 e. The largest absolute Gasteiger partial charge is 0.472 e. The van der Waals surface area contributed by atoms with Crippen LogP contribution in [-0.4, -0.2) is 64.7 Å². The van der Waals surface area contributed by atoms with Crippen molar-refractivity contribution in [2.45, 2.75) is 39.5 Å². The van der Waals surface area contributed by atoms with E-state index in [-0.39, 0.29) is 30.6 Å². The number of carbonyl (C=O) groups excluding carboxylic acids is 1. The van der Waals surface area contributed by atoms with Crippen LogP contribution in [-0.2, 0) is 6.54 Å². The quantitative estimate of drug-likeness (QED) is 0.739. The Hall–Kier alpha value is -2.70. The van der Waals surface area contributed by atoms with Crippen molar-refractivity contribution in [2.24, 2.45) is 5.92 Å². The monoisotopic (exact) mass is 423 g/mol. The molecule has 1 aromatic heterocycles. The maximum absolute atomic E-state index is 13.3. The molecule has 1 aromatic carbocycles. The van der Waals surface area contributed by atoms with Gasteiger partial charge in [0.05, 0.1) is 12.6 Å². The van der Waals surface area contributed by atoms with Crippen LogP contribution < -0.4 is 4.74 Å². The van der Waals surface area contributed by atoms with Crippen LogP contribution in [0.1, 0.15) is 42.3 Å². The van der Waals surface area contributed by atoms with E-state index in [0.717, 1.165) is 12.1 Å². The summed E-state index contributed by atoms with van der Waals surface area (Å²) in [4.78, 5) is 21.8. The Bertz CT molecular complexity index is 900. The number of aromatic nitrogens is 1. The highest BCUT2D eigenvalue weighted by atomic mass is 16.5. The van der Waals surface area contributed by atoms with Crippen molar-refractivity contribution < 1.29 is 14.6 Å². The Morgan fingerprint density at radius 3 is 2.77 bits per heavy atom. The summed E-state index contributed by atoms with van der Waals surface area (Å²) in [7, 11) is 2.07. The lowest BCUT2D eigenvalue weighted by Crippen LogP contribution is -2.49. The maximum atomic E-state index is 13.3. The number of carbonyl (C=O) groups is 1. The molecule has 1 aliphatic rings. The second-order valence-electron chi connectivity index (χ2n) is 8.43. The molecule has 0 bridgehead atoms. The number of pyridine rings is 1. The van der Waals surface area contributed by atoms with Crippen molar-refractivity contribution in [3.8, 4) is 5.88 Å². The first kappa shape index (κ1) is 23.0. The third kappa shape index (κ3) is 5.71. The predicted molar refractivity (Wildman–Crippen MR) is 123 cm³/mol. The number of hydrogen-bond acceptors (Lipinski definition) is 5. The zero-order valence-electron chi connectivity index (χ0n) is 18.9. The molecule has 1 N–H and O–H groups in total. The normalized spacial score (nSPS) is 20.3. The van der Waals surface area contributed by atoms with E-state index in [2.05, 4.69) is 36.0 Å². The van der Waals surface area contributed by atoms with E-state index in [1.54, 1.807) is 11.1 Å². The molecule has 3 atom stereocenters. The number of amides is 1. The molecule has 2 aromatic rings. The van der Waals surface area contributed by atoms with Gasteiger partial charge in [0.25, 0.3) is 5.91 Å². The SMILES string of the molecule is C/C=C/c1cnc2c(c1)C(=O)N([C@H](C)CO)C[C@@H](C)[C@@H](CN(C)Cc1ccccc1)O2. The number of rotatable bonds is 7. The third-order valence-electron chi connectivity index (χ3n) is 5.69. The van der Waals surface area contributed by atoms with Crippen LogP contribution in [0.2, 0.25) is 0 Å². The summed E-state index contributed by atoms with van der Waals surface area (Å²) in [5.74, 6) is 0.276. The molecular weight excluding hydrogens is 390 g/mol. The summed E-state index contributed by atoms with van der Waals surface area (Å²) in [5, 5.41) is 9.76. The molecule has 6 nitrogen and oxygen atoms in total. The van der Waals surface area contributed by atoms with Gasteiger partial charge in [-0.3, -0.25) is 9.69 Å². The number of likely N-dealkylation sites (N-methyl/N-ethyl adjacent to an activating group) is 1. The van der Waals surface area contributed by atoms with Crippen LogP contribution in [0.5, 0.6) is 5.88 Å². The van der Waals surface area contributed by atoms with Gasteiger partial charge in [0, 0.05) is 31.7 Å². The Morgan fingerprint density at radius 1 is 1.35 bits per heavy atom. The molecule has 6 heteroatoms. The van der Waals surface area contributed by atoms with Gasteiger partial charge in [-0.2, -0.15) is 0 Å². The van der Waals surface area contributed by atoms with Crippen LogP contribution in [0.3, 0.4) is 0 Å². The standard InChI is InChI=1S/C25H33N3O3/c1-5-9-21-12-22-24(26-13-21)31-23(16-27(4)15-20-10-7-6-8-11-20)18(2)14-28(25(22)30)19(3)17-29/h5-13,18-19,23,29H,14-17H2,1-4H3/b9-5+/t18-,19-,23-/m1/s1. The second-order valence-corrected chi connectivity index (χ2v) is 8.43. The van der Waals surface area contributed by atoms with E-state index < -0.39 is 0 Å². The van der Waals surface area contributed by atoms with Crippen LogP contribution in [0.25, 0.3) is 6.08 Å². The van der Waals surface area contributed by atoms with E-state index in [4.69, 9.17) is 4.74 Å². The first-order chi connectivity index (χ1) is 14.9. The zero-order chi connectivity index (χ0) is 22.4. The van der Waals surface area contributed by atoms with Gasteiger partial charge in [0.1, 0.15) is 11.7 Å². The summed E-state index contributed by atoms with van der Waals surface area (Å²) in [6.45, 7) is 7.81. The summed E-state index contributed by atoms with van der Waals surface area (Å²) < 4.78 is 6.34. The molecule has 1 aliphatic heterocycles. The zero-order valence-corrected chi connectivity index (χ0v) is 18.9. The summed E-state index contributed by atoms with van der Waals surface area (Å²) >= 11 is 0. The Balaban J connectivity index is 1.89. The van der Waals surface area contributed by atoms with E-state index in [9.17, 15) is 9.90 Å². The Kier molecular flexibility index (Phi) is 7.82. The molecule has 1 amide bonds. The van der Waals surface area contributed by atoms with Gasteiger partial charge in [-0.15, -0.1) is 0 Å². The average molecular weight is 424 g/mol. The first-order valence-corrected chi connectivity index (χ1v) is 10.9. The Labute approximate surface area is 185 Å². The molecule has 0 unspecified atom stereocenters. The summed E-state index contributed by atoms with van der Waals surface area (Å²) in [6.07, 6.45) is 5.40. The number of ether oxygens (including phenoxy) is 1. The lowest BCUT2D eigenvalue weighted by Gasteiger charge is -2.37. The fourth-order valence-corrected chi connectivity index (χ4v) is 3.89. The lowest BCUT2D eigenvalue weighted by molar-refractivity contribution is 0.0325. The predicted octanol–water partition coefficient (Wildman–Crippen LogP) is 3.47. The second kappa shape index (κ2) is 10.6. The molecule has 2 heterocycles. The van der Waals surface area contributed by atoms with Crippen LogP contribution >= 0.6 is 0 Å². The van der Waals surface area contributed by atoms with E-state index in [1.165, 1.54) is 5.56 Å². The number of nitrogens with zero attached hydrogens (tertiary/aromatic N) is 3. The molecular formula is C25H33N3O3. The van der Waals surface area contributed by atoms with Gasteiger partial charge in [-0.05, 0) is 38.1 Å². The lowest BCUT2D eigenvalue weighted by atomic mass is 9.99. The van der Waals surface area contributed by atoms with Crippen molar-refractivity contribution in [2.75, 3.05) is 26.7 Å². The Morgan fingerprint density at radius 2 is 2.10 bits per heavy atom. The van der Waals surface area contributed by atoms with Gasteiger partial charge < -0.3 is 14.7 Å². The van der Waals surface area contributed by atoms with Crippen LogP contribution in [0, 0.1) is 5.92 Å². The molecule has 0 aliphatic carbocycles. The molecule has 31 heavy (non-hydrogen) atoms. The number of fused-ring (bicyclic) bond motifs is 1. The fourth-order valence-electron chi connectivity index (χ4n) is 3.89. The molecule has 0 spiro atoms. The molecule has 0 fully saturated rings. The summed E-state index contributed by atoms with van der Waals surface area (Å²) in [6, 6.07) is 11.9. The minimum absolute atomic E-state index is 0.0707. The molecule has 0 saturated carbocycles. The van der Waals surface area contributed by atoms with Crippen molar-refractivity contribution >= 4 is 12.0 Å².